The molecule has 132 valence electrons. The van der Waals surface area contributed by atoms with E-state index in [1.54, 1.807) is 0 Å². The van der Waals surface area contributed by atoms with Crippen molar-refractivity contribution in [1.29, 1.82) is 0 Å². The summed E-state index contributed by atoms with van der Waals surface area (Å²) in [5.74, 6) is -0.125. The van der Waals surface area contributed by atoms with Gasteiger partial charge in [-0.15, -0.1) is 4.33 Å². The number of nitrogen functional groups attached to an aromatic ring is 1. The first-order valence-corrected chi connectivity index (χ1v) is 7.20. The van der Waals surface area contributed by atoms with Crippen molar-refractivity contribution < 1.29 is 33.8 Å². The Labute approximate surface area is 137 Å². The fourth-order valence-electron chi connectivity index (χ4n) is 2.35. The van der Waals surface area contributed by atoms with Crippen LogP contribution >= 0.6 is 12.3 Å². The Morgan fingerprint density at radius 3 is 3.00 bits per heavy atom. The first-order valence-electron chi connectivity index (χ1n) is 6.53. The maximum Gasteiger partial charge on any atom is 0.280 e. The summed E-state index contributed by atoms with van der Waals surface area (Å²) in [4.78, 5) is 21.9. The van der Waals surface area contributed by atoms with Gasteiger partial charge >= 0.3 is 0 Å². The first kappa shape index (κ1) is 17.1. The minimum atomic E-state index is -1.33. The number of aliphatic hydroxyl groups excluding tert-OH is 2. The molecule has 0 aliphatic carbocycles. The van der Waals surface area contributed by atoms with E-state index >= 15 is 0 Å². The van der Waals surface area contributed by atoms with Gasteiger partial charge in [0.15, 0.2) is 29.7 Å². The molecule has 13 nitrogen and oxygen atoms in total. The van der Waals surface area contributed by atoms with Crippen molar-refractivity contribution in [2.45, 2.75) is 24.5 Å². The quantitative estimate of drug-likeness (QED) is 0.170. The second-order valence-electron chi connectivity index (χ2n) is 4.82. The topological polar surface area (TPSA) is 187 Å². The minimum Gasteiger partial charge on any atom is -0.387 e. The highest BCUT2D eigenvalue weighted by molar-refractivity contribution is 7.89. The van der Waals surface area contributed by atoms with Crippen molar-refractivity contribution in [3.05, 3.63) is 16.7 Å². The summed E-state index contributed by atoms with van der Waals surface area (Å²) in [7, 11) is 0. The second kappa shape index (κ2) is 6.99. The van der Waals surface area contributed by atoms with Crippen molar-refractivity contribution in [2.24, 2.45) is 0 Å². The SMILES string of the molecule is Nc1nc2c(ncn2[C@@H]2O[C@H](COSOOO)[C@H](O)C2O)c(=O)[nH]1. The van der Waals surface area contributed by atoms with Crippen LogP contribution < -0.4 is 11.3 Å². The number of hydrogen-bond acceptors (Lipinski definition) is 12. The normalized spacial score (nSPS) is 27.1. The molecule has 2 aromatic heterocycles. The molecule has 2 aromatic rings. The second-order valence-corrected chi connectivity index (χ2v) is 5.32. The van der Waals surface area contributed by atoms with Gasteiger partial charge in [-0.3, -0.25) is 18.5 Å². The van der Waals surface area contributed by atoms with Crippen molar-refractivity contribution in [1.82, 2.24) is 19.5 Å². The van der Waals surface area contributed by atoms with Gasteiger partial charge in [-0.05, 0) is 0 Å². The lowest BCUT2D eigenvalue weighted by Crippen LogP contribution is -2.33. The Hall–Kier alpha value is -1.78. The van der Waals surface area contributed by atoms with Crippen molar-refractivity contribution >= 4 is 29.4 Å². The summed E-state index contributed by atoms with van der Waals surface area (Å²) in [6.45, 7) is -0.189. The van der Waals surface area contributed by atoms with Crippen LogP contribution in [0, 0.1) is 0 Å². The number of nitrogens with zero attached hydrogens (tertiary/aromatic N) is 3. The van der Waals surface area contributed by atoms with Gasteiger partial charge in [0.2, 0.25) is 5.95 Å². The molecule has 1 aliphatic heterocycles. The zero-order chi connectivity index (χ0) is 17.3. The number of fused-ring (bicyclic) bond motifs is 1. The molecular formula is C10H13N5O8S. The maximum absolute atomic E-state index is 11.8. The number of hydrogen-bond donors (Lipinski definition) is 5. The molecule has 1 fully saturated rings. The van der Waals surface area contributed by atoms with Crippen LogP contribution in [0.3, 0.4) is 0 Å². The molecule has 0 aromatic carbocycles. The zero-order valence-electron chi connectivity index (χ0n) is 11.8. The van der Waals surface area contributed by atoms with E-state index in [0.717, 1.165) is 0 Å². The monoisotopic (exact) mass is 363 g/mol. The van der Waals surface area contributed by atoms with Gasteiger partial charge in [0.25, 0.3) is 5.56 Å². The van der Waals surface area contributed by atoms with Gasteiger partial charge in [0.05, 0.1) is 12.9 Å². The third kappa shape index (κ3) is 3.08. The number of rotatable bonds is 6. The lowest BCUT2D eigenvalue weighted by molar-refractivity contribution is -0.434. The summed E-state index contributed by atoms with van der Waals surface area (Å²) < 4.78 is 15.7. The predicted molar refractivity (Wildman–Crippen MR) is 76.8 cm³/mol. The Kier molecular flexibility index (Phi) is 4.97. The Balaban J connectivity index is 1.81. The number of aliphatic hydroxyl groups is 2. The number of anilines is 1. The van der Waals surface area contributed by atoms with Crippen LogP contribution in [0.4, 0.5) is 5.95 Å². The van der Waals surface area contributed by atoms with Crippen molar-refractivity contribution in [3.63, 3.8) is 0 Å². The molecule has 0 radical (unpaired) electrons. The average molecular weight is 363 g/mol. The van der Waals surface area contributed by atoms with Crippen molar-refractivity contribution in [2.75, 3.05) is 12.3 Å². The van der Waals surface area contributed by atoms with E-state index in [1.165, 1.54) is 10.9 Å². The Bertz CT molecular complexity index is 767. The molecule has 0 bridgehead atoms. The van der Waals surface area contributed by atoms with Crippen LogP contribution in [0.25, 0.3) is 11.2 Å². The van der Waals surface area contributed by atoms with Gasteiger partial charge < -0.3 is 20.7 Å². The molecule has 0 amide bonds. The van der Waals surface area contributed by atoms with Crippen molar-refractivity contribution in [3.8, 4) is 0 Å². The third-order valence-electron chi connectivity index (χ3n) is 3.40. The molecule has 24 heavy (non-hydrogen) atoms. The maximum atomic E-state index is 11.8. The highest BCUT2D eigenvalue weighted by Gasteiger charge is 2.44. The largest absolute Gasteiger partial charge is 0.387 e. The highest BCUT2D eigenvalue weighted by atomic mass is 32.2. The number of aromatic nitrogens is 4. The van der Waals surface area contributed by atoms with Gasteiger partial charge in [0.1, 0.15) is 18.3 Å². The number of H-pyrrole nitrogens is 1. The van der Waals surface area contributed by atoms with E-state index in [0.29, 0.717) is 12.3 Å². The van der Waals surface area contributed by atoms with Gasteiger partial charge in [-0.1, -0.05) is 5.04 Å². The Morgan fingerprint density at radius 2 is 2.25 bits per heavy atom. The summed E-state index contributed by atoms with van der Waals surface area (Å²) in [5, 5.41) is 31.5. The van der Waals surface area contributed by atoms with E-state index in [2.05, 4.69) is 24.3 Å². The van der Waals surface area contributed by atoms with E-state index in [1.807, 2.05) is 0 Å². The van der Waals surface area contributed by atoms with E-state index in [-0.39, 0.29) is 23.7 Å². The van der Waals surface area contributed by atoms with Gasteiger partial charge in [-0.2, -0.15) is 4.98 Å². The van der Waals surface area contributed by atoms with Crippen LogP contribution in [-0.2, 0) is 18.3 Å². The predicted octanol–water partition coefficient (Wildman–Crippen LogP) is -1.68. The molecule has 3 rings (SSSR count). The molecule has 4 atom stereocenters. The fraction of sp³-hybridized carbons (Fsp3) is 0.500. The smallest absolute Gasteiger partial charge is 0.280 e. The number of aromatic amines is 1. The lowest BCUT2D eigenvalue weighted by atomic mass is 10.1. The zero-order valence-corrected chi connectivity index (χ0v) is 12.6. The third-order valence-corrected chi connectivity index (χ3v) is 3.75. The molecule has 0 spiro atoms. The van der Waals surface area contributed by atoms with Crippen LogP contribution in [-0.4, -0.2) is 59.9 Å². The van der Waals surface area contributed by atoms with Crippen LogP contribution in [0.5, 0.6) is 0 Å². The molecule has 1 saturated heterocycles. The number of nitrogens with one attached hydrogen (secondary N) is 1. The molecule has 14 heteroatoms. The molecule has 0 saturated carbocycles. The number of ether oxygens (including phenoxy) is 1. The van der Waals surface area contributed by atoms with E-state index in [9.17, 15) is 15.0 Å². The Morgan fingerprint density at radius 1 is 1.46 bits per heavy atom. The van der Waals surface area contributed by atoms with Crippen LogP contribution in [0.15, 0.2) is 11.1 Å². The fourth-order valence-corrected chi connectivity index (χ4v) is 2.61. The lowest BCUT2D eigenvalue weighted by Gasteiger charge is -2.16. The minimum absolute atomic E-state index is 0.0123. The van der Waals surface area contributed by atoms with E-state index < -0.39 is 30.1 Å². The van der Waals surface area contributed by atoms with Crippen LogP contribution in [0.1, 0.15) is 6.23 Å². The number of nitrogens with two attached hydrogens (primary N) is 1. The first-order chi connectivity index (χ1) is 11.5. The molecule has 3 heterocycles. The average Bonchev–Trinajstić information content (AvgIpc) is 3.07. The highest BCUT2D eigenvalue weighted by Crippen LogP contribution is 2.31. The molecular weight excluding hydrogens is 350 g/mol. The van der Waals surface area contributed by atoms with Gasteiger partial charge in [0, 0.05) is 0 Å². The van der Waals surface area contributed by atoms with E-state index in [4.69, 9.17) is 19.9 Å². The summed E-state index contributed by atoms with van der Waals surface area (Å²) in [6.07, 6.45) is -3.36. The van der Waals surface area contributed by atoms with Gasteiger partial charge in [-0.25, -0.2) is 10.2 Å². The summed E-state index contributed by atoms with van der Waals surface area (Å²) in [5.41, 5.74) is 5.08. The standard InChI is InChI=1S/C10H13N5O8S/c11-10-13-7-4(8(18)14-10)12-2-15(7)9-6(17)5(16)3(21-9)1-20-24-23-22-19/h2-3,5-6,9,16-17,19H,1H2,(H3,11,13,14,18)/t3-,5+,6?,9-/m1/s1. The molecule has 6 N–H and O–H groups in total. The molecule has 1 unspecified atom stereocenters. The summed E-state index contributed by atoms with van der Waals surface area (Å²) in [6, 6.07) is 0. The summed E-state index contributed by atoms with van der Waals surface area (Å²) >= 11 is 0.310. The molecule has 1 aliphatic rings. The number of imidazole rings is 1. The van der Waals surface area contributed by atoms with Crippen LogP contribution in [0.2, 0.25) is 0 Å².